The number of hydrogen-bond donors (Lipinski definition) is 4. The quantitative estimate of drug-likeness (QED) is 0.0197. The van der Waals surface area contributed by atoms with Gasteiger partial charge in [0.05, 0.1) is 19.8 Å². The predicted molar refractivity (Wildman–Crippen MR) is 293 cm³/mol. The number of aliphatic hydroxyl groups excluding tert-OH is 3. The van der Waals surface area contributed by atoms with E-state index in [4.69, 9.17) is 18.9 Å². The lowest BCUT2D eigenvalue weighted by Gasteiger charge is -2.41. The molecule has 4 N–H and O–H groups in total. The number of carbonyl (C=O) groups excluding carboxylic acids is 1. The third kappa shape index (κ3) is 40.2. The fraction of sp³-hybridized carbons (Fsp3) is 0.542. The van der Waals surface area contributed by atoms with Gasteiger partial charge in [0, 0.05) is 13.0 Å². The van der Waals surface area contributed by atoms with Crippen LogP contribution >= 0.6 is 0 Å². The van der Waals surface area contributed by atoms with E-state index in [0.717, 1.165) is 116 Å². The molecule has 1 rings (SSSR count). The summed E-state index contributed by atoms with van der Waals surface area (Å²) in [4.78, 5) is 12.9. The summed E-state index contributed by atoms with van der Waals surface area (Å²) in [6.45, 7) is 3.57. The van der Waals surface area contributed by atoms with Crippen molar-refractivity contribution in [1.82, 2.24) is 0 Å². The smallest absolute Gasteiger partial charge is 0.397 e. The van der Waals surface area contributed by atoms with Crippen LogP contribution in [0.3, 0.4) is 0 Å². The molecule has 1 aliphatic heterocycles. The van der Waals surface area contributed by atoms with Crippen molar-refractivity contribution >= 4 is 16.4 Å². The highest BCUT2D eigenvalue weighted by Crippen LogP contribution is 2.26. The highest BCUT2D eigenvalue weighted by molar-refractivity contribution is 7.80. The largest absolute Gasteiger partial charge is 0.457 e. The molecule has 1 saturated heterocycles. The first-order valence-electron chi connectivity index (χ1n) is 26.2. The Kier molecular flexibility index (Phi) is 43.6. The molecule has 0 aromatic heterocycles. The third-order valence-electron chi connectivity index (χ3n) is 10.7. The topological polar surface area (TPSA) is 178 Å². The number of allylic oxidation sites excluding steroid dienone is 26. The van der Waals surface area contributed by atoms with Gasteiger partial charge in [-0.1, -0.05) is 185 Å². The van der Waals surface area contributed by atoms with Crippen molar-refractivity contribution in [2.24, 2.45) is 0 Å². The normalized spacial score (nSPS) is 20.2. The zero-order valence-corrected chi connectivity index (χ0v) is 44.2. The molecule has 0 radical (unpaired) electrons. The summed E-state index contributed by atoms with van der Waals surface area (Å²) in [6, 6.07) is 0. The number of unbranched alkanes of at least 4 members (excludes halogenated alkanes) is 4. The van der Waals surface area contributed by atoms with Crippen molar-refractivity contribution in [3.63, 3.8) is 0 Å². The van der Waals surface area contributed by atoms with Crippen molar-refractivity contribution < 1.29 is 56.2 Å². The Hall–Kier alpha value is -4.28. The molecule has 12 nitrogen and oxygen atoms in total. The van der Waals surface area contributed by atoms with Crippen molar-refractivity contribution in [3.05, 3.63) is 158 Å². The number of carbonyl (C=O) groups is 1. The van der Waals surface area contributed by atoms with E-state index < -0.39 is 59.8 Å². The summed E-state index contributed by atoms with van der Waals surface area (Å²) in [5.41, 5.74) is 0. The van der Waals surface area contributed by atoms with E-state index in [0.29, 0.717) is 13.0 Å². The van der Waals surface area contributed by atoms with Crippen molar-refractivity contribution in [2.45, 2.75) is 179 Å². The van der Waals surface area contributed by atoms with Crippen LogP contribution in [0.2, 0.25) is 0 Å². The average Bonchev–Trinajstić information content (AvgIpc) is 3.36. The molecule has 6 atom stereocenters. The molecule has 1 fully saturated rings. The maximum Gasteiger partial charge on any atom is 0.397 e. The van der Waals surface area contributed by atoms with Gasteiger partial charge in [-0.25, -0.2) is 4.18 Å². The summed E-state index contributed by atoms with van der Waals surface area (Å²) in [6.07, 6.45) is 64.3. The van der Waals surface area contributed by atoms with E-state index >= 15 is 0 Å². The molecular weight excluding hydrogens is 933 g/mol. The van der Waals surface area contributed by atoms with E-state index in [1.807, 2.05) is 12.2 Å². The minimum absolute atomic E-state index is 0.0250. The first-order chi connectivity index (χ1) is 35.1. The van der Waals surface area contributed by atoms with E-state index in [2.05, 4.69) is 164 Å². The number of ether oxygens (including phenoxy) is 4. The van der Waals surface area contributed by atoms with Gasteiger partial charge in [-0.15, -0.1) is 0 Å². The van der Waals surface area contributed by atoms with E-state index in [-0.39, 0.29) is 19.6 Å². The number of rotatable bonds is 43. The molecule has 0 saturated carbocycles. The molecule has 6 unspecified atom stereocenters. The second-order valence-corrected chi connectivity index (χ2v) is 18.0. The van der Waals surface area contributed by atoms with Crippen molar-refractivity contribution in [2.75, 3.05) is 26.4 Å². The molecule has 0 aromatic carbocycles. The molecule has 0 bridgehead atoms. The summed E-state index contributed by atoms with van der Waals surface area (Å²) in [5.74, 6) is -0.498. The average molecular weight is 1020 g/mol. The lowest BCUT2D eigenvalue weighted by atomic mass is 9.99. The van der Waals surface area contributed by atoms with Crippen LogP contribution in [-0.2, 0) is 38.3 Å². The Morgan fingerprint density at radius 1 is 0.528 bits per heavy atom. The zero-order valence-electron chi connectivity index (χ0n) is 43.4. The molecule has 1 heterocycles. The second-order valence-electron chi connectivity index (χ2n) is 17.0. The van der Waals surface area contributed by atoms with Gasteiger partial charge in [0.25, 0.3) is 0 Å². The minimum atomic E-state index is -5.09. The number of hydrogen-bond acceptors (Lipinski definition) is 11. The number of aliphatic hydroxyl groups is 3. The Morgan fingerprint density at radius 3 is 1.32 bits per heavy atom. The maximum absolute atomic E-state index is 12.9. The molecule has 1 aliphatic rings. The van der Waals surface area contributed by atoms with Crippen LogP contribution < -0.4 is 0 Å². The summed E-state index contributed by atoms with van der Waals surface area (Å²) in [5, 5.41) is 30.8. The first-order valence-corrected chi connectivity index (χ1v) is 27.6. The Balaban J connectivity index is 2.44. The van der Waals surface area contributed by atoms with Crippen molar-refractivity contribution in [3.8, 4) is 0 Å². The van der Waals surface area contributed by atoms with E-state index in [9.17, 15) is 33.1 Å². The minimum Gasteiger partial charge on any atom is -0.457 e. The van der Waals surface area contributed by atoms with Gasteiger partial charge in [0.1, 0.15) is 30.5 Å². The van der Waals surface area contributed by atoms with Crippen LogP contribution in [0.5, 0.6) is 0 Å². The maximum atomic E-state index is 12.9. The summed E-state index contributed by atoms with van der Waals surface area (Å²) < 4.78 is 59.1. The van der Waals surface area contributed by atoms with E-state index in [1.165, 1.54) is 0 Å². The second kappa shape index (κ2) is 47.7. The summed E-state index contributed by atoms with van der Waals surface area (Å²) in [7, 11) is -5.09. The molecule has 13 heteroatoms. The Bertz CT molecular complexity index is 1850. The van der Waals surface area contributed by atoms with Crippen LogP contribution in [0.25, 0.3) is 0 Å². The van der Waals surface area contributed by atoms with Gasteiger partial charge in [0.15, 0.2) is 6.29 Å². The monoisotopic (exact) mass is 1020 g/mol. The number of esters is 1. The highest BCUT2D eigenvalue weighted by atomic mass is 32.3. The van der Waals surface area contributed by atoms with Crippen LogP contribution in [0.4, 0.5) is 0 Å². The van der Waals surface area contributed by atoms with Gasteiger partial charge in [-0.2, -0.15) is 8.42 Å². The van der Waals surface area contributed by atoms with E-state index in [1.54, 1.807) is 0 Å². The van der Waals surface area contributed by atoms with Gasteiger partial charge >= 0.3 is 16.4 Å². The Labute approximate surface area is 434 Å². The standard InChI is InChI=1S/C59H90O12S/c1-3-5-7-9-11-13-15-17-19-21-23-24-25-26-27-28-29-31-33-35-37-39-41-43-45-47-49-67-51-53(52-68-59-57(63)58(71-72(64,65)66)56(62)54(50-60)70-59)69-55(61)48-46-44-42-40-38-36-34-32-30-22-20-18-16-14-12-10-8-6-4-2/h5-8,11-14,17-20,23-24,26-27,29-32,35-38,42,44,53-54,56-60,62-63H,3-4,9-10,15-16,21-22,25,28,33-34,39-41,43,45-52H2,1-2H3,(H,64,65,66)/b7-5-,8-6-,13-11-,14-12-,19-17-,20-18-,24-23-,27-26-,31-29-,32-30-,37-35-,38-36-,44-42-. The molecule has 72 heavy (non-hydrogen) atoms. The molecule has 0 aromatic rings. The van der Waals surface area contributed by atoms with Crippen LogP contribution in [0.1, 0.15) is 142 Å². The third-order valence-corrected chi connectivity index (χ3v) is 11.1. The molecule has 404 valence electrons. The SMILES string of the molecule is CC/C=C\C/C=C\C/C=C\C/C=C\C/C=C\C/C=C\C/C=C\CCCCCCOCC(COC1OC(CO)C(O)C(OS(=O)(=O)O)C1O)OC(=O)CC/C=C\C/C=C\C/C=C\C/C=C\C/C=C\C/C=C\CC. The van der Waals surface area contributed by atoms with Crippen LogP contribution in [0.15, 0.2) is 158 Å². The summed E-state index contributed by atoms with van der Waals surface area (Å²) >= 11 is 0. The zero-order chi connectivity index (χ0) is 52.4. The fourth-order valence-electron chi connectivity index (χ4n) is 6.79. The predicted octanol–water partition coefficient (Wildman–Crippen LogP) is 12.6. The lowest BCUT2D eigenvalue weighted by Crippen LogP contribution is -2.60. The highest BCUT2D eigenvalue weighted by Gasteiger charge is 2.48. The molecular formula is C59H90O12S. The lowest BCUT2D eigenvalue weighted by molar-refractivity contribution is -0.301. The molecule has 0 spiro atoms. The Morgan fingerprint density at radius 2 is 0.917 bits per heavy atom. The molecule has 0 amide bonds. The first kappa shape index (κ1) is 65.7. The van der Waals surface area contributed by atoms with Gasteiger partial charge in [-0.3, -0.25) is 9.35 Å². The van der Waals surface area contributed by atoms with Gasteiger partial charge < -0.3 is 34.3 Å². The van der Waals surface area contributed by atoms with Gasteiger partial charge in [0.2, 0.25) is 0 Å². The van der Waals surface area contributed by atoms with Gasteiger partial charge in [-0.05, 0) is 109 Å². The molecule has 0 aliphatic carbocycles. The van der Waals surface area contributed by atoms with Crippen molar-refractivity contribution in [1.29, 1.82) is 0 Å². The fourth-order valence-corrected chi connectivity index (χ4v) is 7.30. The van der Waals surface area contributed by atoms with Crippen LogP contribution in [0, 0.1) is 0 Å². The van der Waals surface area contributed by atoms with Crippen LogP contribution in [-0.4, -0.2) is 97.5 Å².